The summed E-state index contributed by atoms with van der Waals surface area (Å²) in [6.07, 6.45) is 4.09. The standard InChI is InChI=1S/C10H17N5O2/c11-5-2-6-15(7-3-1-4-7)8-9(16)12-10(17)14-13-8/h7H,1-6,11H2,(H2,12,14,16,17). The molecule has 0 aromatic carbocycles. The first-order valence-electron chi connectivity index (χ1n) is 5.88. The third kappa shape index (κ3) is 2.55. The molecule has 1 saturated carbocycles. The average molecular weight is 239 g/mol. The molecule has 7 nitrogen and oxygen atoms in total. The van der Waals surface area contributed by atoms with E-state index in [1.54, 1.807) is 0 Å². The second-order valence-corrected chi connectivity index (χ2v) is 4.25. The van der Waals surface area contributed by atoms with Gasteiger partial charge in [0.1, 0.15) is 0 Å². The molecule has 94 valence electrons. The van der Waals surface area contributed by atoms with Crippen molar-refractivity contribution < 1.29 is 0 Å². The molecule has 0 spiro atoms. The predicted molar refractivity (Wildman–Crippen MR) is 64.1 cm³/mol. The highest BCUT2D eigenvalue weighted by Gasteiger charge is 2.27. The lowest BCUT2D eigenvalue weighted by Gasteiger charge is -2.37. The monoisotopic (exact) mass is 239 g/mol. The molecule has 7 heteroatoms. The summed E-state index contributed by atoms with van der Waals surface area (Å²) in [5.74, 6) is 0.294. The third-order valence-corrected chi connectivity index (χ3v) is 3.08. The number of nitrogens with one attached hydrogen (secondary N) is 2. The highest BCUT2D eigenvalue weighted by molar-refractivity contribution is 5.36. The summed E-state index contributed by atoms with van der Waals surface area (Å²) in [6.45, 7) is 1.27. The molecule has 1 aromatic heterocycles. The van der Waals surface area contributed by atoms with Crippen molar-refractivity contribution in [1.29, 1.82) is 0 Å². The van der Waals surface area contributed by atoms with Crippen molar-refractivity contribution >= 4 is 5.82 Å². The minimum absolute atomic E-state index is 0.294. The van der Waals surface area contributed by atoms with Gasteiger partial charge in [0, 0.05) is 12.6 Å². The van der Waals surface area contributed by atoms with Crippen LogP contribution in [0.2, 0.25) is 0 Å². The lowest BCUT2D eigenvalue weighted by Crippen LogP contribution is -2.45. The molecule has 1 heterocycles. The van der Waals surface area contributed by atoms with Gasteiger partial charge in [-0.25, -0.2) is 9.89 Å². The molecule has 4 N–H and O–H groups in total. The number of anilines is 1. The zero-order chi connectivity index (χ0) is 12.3. The highest BCUT2D eigenvalue weighted by atomic mass is 16.2. The van der Waals surface area contributed by atoms with Gasteiger partial charge in [-0.05, 0) is 32.2 Å². The number of hydrogen-bond donors (Lipinski definition) is 3. The molecular formula is C10H17N5O2. The summed E-state index contributed by atoms with van der Waals surface area (Å²) in [7, 11) is 0. The van der Waals surface area contributed by atoms with Crippen LogP contribution in [0.3, 0.4) is 0 Å². The van der Waals surface area contributed by atoms with Crippen LogP contribution in [0.1, 0.15) is 25.7 Å². The topological polar surface area (TPSA) is 108 Å². The van der Waals surface area contributed by atoms with Gasteiger partial charge in [-0.3, -0.25) is 9.78 Å². The van der Waals surface area contributed by atoms with Crippen molar-refractivity contribution in [2.75, 3.05) is 18.0 Å². The van der Waals surface area contributed by atoms with E-state index in [0.29, 0.717) is 24.9 Å². The first-order valence-corrected chi connectivity index (χ1v) is 5.88. The molecule has 1 fully saturated rings. The smallest absolute Gasteiger partial charge is 0.342 e. The Hall–Kier alpha value is -1.63. The largest absolute Gasteiger partial charge is 0.348 e. The SMILES string of the molecule is NCCCN(c1n[nH]c(=O)[nH]c1=O)C1CCC1. The van der Waals surface area contributed by atoms with E-state index in [9.17, 15) is 9.59 Å². The van der Waals surface area contributed by atoms with Gasteiger partial charge in [0.25, 0.3) is 5.56 Å². The van der Waals surface area contributed by atoms with Gasteiger partial charge in [-0.2, -0.15) is 0 Å². The van der Waals surface area contributed by atoms with E-state index in [-0.39, 0.29) is 0 Å². The third-order valence-electron chi connectivity index (χ3n) is 3.08. The Morgan fingerprint density at radius 3 is 2.71 bits per heavy atom. The number of nitrogens with zero attached hydrogens (tertiary/aromatic N) is 2. The Morgan fingerprint density at radius 2 is 2.18 bits per heavy atom. The zero-order valence-electron chi connectivity index (χ0n) is 9.61. The van der Waals surface area contributed by atoms with E-state index in [0.717, 1.165) is 19.3 Å². The summed E-state index contributed by atoms with van der Waals surface area (Å²) in [5, 5.41) is 6.10. The number of hydrogen-bond acceptors (Lipinski definition) is 5. The fourth-order valence-electron chi connectivity index (χ4n) is 1.96. The van der Waals surface area contributed by atoms with Crippen LogP contribution in [-0.2, 0) is 0 Å². The molecule has 0 saturated heterocycles. The van der Waals surface area contributed by atoms with E-state index in [4.69, 9.17) is 5.73 Å². The van der Waals surface area contributed by atoms with Crippen LogP contribution in [0.25, 0.3) is 0 Å². The van der Waals surface area contributed by atoms with Crippen LogP contribution in [-0.4, -0.2) is 34.3 Å². The van der Waals surface area contributed by atoms with Gasteiger partial charge in [0.2, 0.25) is 5.82 Å². The first-order chi connectivity index (χ1) is 8.22. The fourth-order valence-corrected chi connectivity index (χ4v) is 1.96. The van der Waals surface area contributed by atoms with Crippen molar-refractivity contribution in [1.82, 2.24) is 15.2 Å². The van der Waals surface area contributed by atoms with E-state index in [2.05, 4.69) is 15.2 Å². The molecule has 0 aliphatic heterocycles. The van der Waals surface area contributed by atoms with Crippen LogP contribution < -0.4 is 21.9 Å². The van der Waals surface area contributed by atoms with E-state index >= 15 is 0 Å². The van der Waals surface area contributed by atoms with Crippen molar-refractivity contribution in [3.05, 3.63) is 20.8 Å². The van der Waals surface area contributed by atoms with Crippen LogP contribution in [0.5, 0.6) is 0 Å². The van der Waals surface area contributed by atoms with Gasteiger partial charge in [-0.1, -0.05) is 0 Å². The first kappa shape index (κ1) is 11.8. The molecule has 0 unspecified atom stereocenters. The second-order valence-electron chi connectivity index (χ2n) is 4.25. The molecule has 1 aliphatic rings. The van der Waals surface area contributed by atoms with Crippen LogP contribution >= 0.6 is 0 Å². The maximum atomic E-state index is 11.7. The number of rotatable bonds is 5. The van der Waals surface area contributed by atoms with Crippen molar-refractivity contribution in [2.24, 2.45) is 5.73 Å². The minimum atomic E-state index is -0.578. The maximum absolute atomic E-state index is 11.7. The molecule has 17 heavy (non-hydrogen) atoms. The van der Waals surface area contributed by atoms with Gasteiger partial charge < -0.3 is 10.6 Å². The number of nitrogens with two attached hydrogens (primary N) is 1. The lowest BCUT2D eigenvalue weighted by molar-refractivity contribution is 0.381. The number of H-pyrrole nitrogens is 2. The van der Waals surface area contributed by atoms with E-state index in [1.165, 1.54) is 6.42 Å². The van der Waals surface area contributed by atoms with E-state index < -0.39 is 11.2 Å². The summed E-state index contributed by atoms with van der Waals surface area (Å²) in [5.41, 5.74) is 4.48. The average Bonchev–Trinajstić information content (AvgIpc) is 2.22. The van der Waals surface area contributed by atoms with Gasteiger partial charge in [-0.15, -0.1) is 5.10 Å². The Labute approximate surface area is 98.0 Å². The molecule has 0 amide bonds. The van der Waals surface area contributed by atoms with E-state index in [1.807, 2.05) is 4.90 Å². The van der Waals surface area contributed by atoms with Crippen LogP contribution in [0, 0.1) is 0 Å². The number of aromatic amines is 2. The van der Waals surface area contributed by atoms with Gasteiger partial charge in [0.05, 0.1) is 0 Å². The summed E-state index contributed by atoms with van der Waals surface area (Å²) in [4.78, 5) is 26.7. The minimum Gasteiger partial charge on any atom is -0.348 e. The Bertz CT molecular complexity index is 476. The molecule has 2 rings (SSSR count). The van der Waals surface area contributed by atoms with Gasteiger partial charge >= 0.3 is 5.69 Å². The molecule has 0 bridgehead atoms. The summed E-state index contributed by atoms with van der Waals surface area (Å²) < 4.78 is 0. The van der Waals surface area contributed by atoms with Crippen molar-refractivity contribution in [3.8, 4) is 0 Å². The Kier molecular flexibility index (Phi) is 3.58. The predicted octanol–water partition coefficient (Wildman–Crippen LogP) is -0.834. The van der Waals surface area contributed by atoms with Crippen molar-refractivity contribution in [2.45, 2.75) is 31.7 Å². The molecule has 1 aliphatic carbocycles. The highest BCUT2D eigenvalue weighted by Crippen LogP contribution is 2.26. The summed E-state index contributed by atoms with van der Waals surface area (Å²) in [6, 6.07) is 0.348. The second kappa shape index (κ2) is 5.13. The molecule has 0 radical (unpaired) electrons. The van der Waals surface area contributed by atoms with Crippen LogP contribution in [0.15, 0.2) is 9.59 Å². The normalized spacial score (nSPS) is 15.6. The number of aromatic nitrogens is 3. The molecular weight excluding hydrogens is 222 g/mol. The quantitative estimate of drug-likeness (QED) is 0.621. The van der Waals surface area contributed by atoms with Gasteiger partial charge in [0.15, 0.2) is 0 Å². The summed E-state index contributed by atoms with van der Waals surface area (Å²) >= 11 is 0. The molecule has 0 atom stereocenters. The zero-order valence-corrected chi connectivity index (χ0v) is 9.61. The van der Waals surface area contributed by atoms with Crippen molar-refractivity contribution in [3.63, 3.8) is 0 Å². The fraction of sp³-hybridized carbons (Fsp3) is 0.700. The van der Waals surface area contributed by atoms with Crippen LogP contribution in [0.4, 0.5) is 5.82 Å². The Morgan fingerprint density at radius 1 is 1.41 bits per heavy atom. The Balaban J connectivity index is 2.24. The molecule has 1 aromatic rings. The lowest BCUT2D eigenvalue weighted by atomic mass is 9.91. The maximum Gasteiger partial charge on any atom is 0.342 e.